The number of rotatable bonds is 6. The van der Waals surface area contributed by atoms with E-state index < -0.39 is 5.41 Å². The zero-order chi connectivity index (χ0) is 36.0. The van der Waals surface area contributed by atoms with Crippen LogP contribution >= 0.6 is 11.8 Å². The van der Waals surface area contributed by atoms with Gasteiger partial charge in [-0.3, -0.25) is 9.97 Å². The second-order valence-corrected chi connectivity index (χ2v) is 16.0. The normalized spacial score (nSPS) is 13.3. The van der Waals surface area contributed by atoms with Crippen molar-refractivity contribution in [1.29, 1.82) is 0 Å². The summed E-state index contributed by atoms with van der Waals surface area (Å²) in [6.07, 6.45) is 3.82. The molecular formula is C48H42N2OS. The average Bonchev–Trinajstić information content (AvgIpc) is 3.13. The minimum Gasteiger partial charge on any atom is -0.457 e. The Morgan fingerprint density at radius 2 is 1.25 bits per heavy atom. The standard InChI is InChI=1S/C48H42N2OS/c1-31-24-32(2)46(33(3)25-31)35-26-34(42-30-36(21-23-49-42)47(4,5)6)27-39(28-35)51-38-15-13-14-37(29-38)48(45-20-11-12-22-50-45)40-16-7-9-18-43(40)52-44-19-10-8-17-41(44)48/h7-30H,1-6H3. The summed E-state index contributed by atoms with van der Waals surface area (Å²) >= 11 is 1.82. The van der Waals surface area contributed by atoms with Crippen LogP contribution in [0.1, 0.15) is 65.4 Å². The Morgan fingerprint density at radius 1 is 0.577 bits per heavy atom. The van der Waals surface area contributed by atoms with Gasteiger partial charge in [0.05, 0.1) is 16.8 Å². The van der Waals surface area contributed by atoms with Crippen molar-refractivity contribution in [3.63, 3.8) is 0 Å². The van der Waals surface area contributed by atoms with E-state index in [1.165, 1.54) is 48.7 Å². The van der Waals surface area contributed by atoms with Crippen molar-refractivity contribution in [2.45, 2.75) is 62.2 Å². The first-order chi connectivity index (χ1) is 25.1. The number of ether oxygens (including phenoxy) is 1. The van der Waals surface area contributed by atoms with Gasteiger partial charge in [-0.1, -0.05) is 105 Å². The lowest BCUT2D eigenvalue weighted by atomic mass is 9.66. The van der Waals surface area contributed by atoms with Crippen molar-refractivity contribution in [1.82, 2.24) is 9.97 Å². The summed E-state index contributed by atoms with van der Waals surface area (Å²) in [5.74, 6) is 1.52. The molecule has 0 amide bonds. The fourth-order valence-corrected chi connectivity index (χ4v) is 9.08. The minimum atomic E-state index is -0.639. The third kappa shape index (κ3) is 6.01. The summed E-state index contributed by atoms with van der Waals surface area (Å²) in [7, 11) is 0. The molecule has 3 heterocycles. The Hall–Kier alpha value is -5.45. The third-order valence-electron chi connectivity index (χ3n) is 10.1. The Morgan fingerprint density at radius 3 is 1.92 bits per heavy atom. The molecule has 5 aromatic carbocycles. The van der Waals surface area contributed by atoms with Crippen molar-refractivity contribution >= 4 is 11.8 Å². The Bertz CT molecular complexity index is 2370. The third-order valence-corrected chi connectivity index (χ3v) is 11.3. The van der Waals surface area contributed by atoms with E-state index >= 15 is 0 Å². The SMILES string of the molecule is Cc1cc(C)c(-c2cc(Oc3cccc(C4(c5ccccn5)c5ccccc5Sc5ccccc54)c3)cc(-c3cc(C(C)(C)C)ccn3)c2)c(C)c1. The van der Waals surface area contributed by atoms with Crippen LogP contribution in [0.15, 0.2) is 156 Å². The average molecular weight is 695 g/mol. The van der Waals surface area contributed by atoms with Gasteiger partial charge in [0.25, 0.3) is 0 Å². The number of aromatic nitrogens is 2. The predicted molar refractivity (Wildman–Crippen MR) is 215 cm³/mol. The summed E-state index contributed by atoms with van der Waals surface area (Å²) in [6, 6.07) is 47.6. The van der Waals surface area contributed by atoms with Gasteiger partial charge in [0.15, 0.2) is 0 Å². The van der Waals surface area contributed by atoms with Crippen molar-refractivity contribution in [2.75, 3.05) is 0 Å². The highest BCUT2D eigenvalue weighted by Gasteiger charge is 2.45. The monoisotopic (exact) mass is 694 g/mol. The molecule has 8 rings (SSSR count). The summed E-state index contributed by atoms with van der Waals surface area (Å²) < 4.78 is 6.94. The fraction of sp³-hybridized carbons (Fsp3) is 0.167. The van der Waals surface area contributed by atoms with Gasteiger partial charge in [0, 0.05) is 27.7 Å². The summed E-state index contributed by atoms with van der Waals surface area (Å²) in [5.41, 5.74) is 13.1. The van der Waals surface area contributed by atoms with Gasteiger partial charge in [0.2, 0.25) is 0 Å². The first-order valence-corrected chi connectivity index (χ1v) is 18.7. The maximum absolute atomic E-state index is 6.94. The number of benzene rings is 5. The van der Waals surface area contributed by atoms with Crippen LogP contribution in [0.25, 0.3) is 22.4 Å². The zero-order valence-electron chi connectivity index (χ0n) is 30.6. The molecule has 0 fully saturated rings. The van der Waals surface area contributed by atoms with Crippen LogP contribution < -0.4 is 4.74 Å². The van der Waals surface area contributed by atoms with E-state index in [4.69, 9.17) is 14.7 Å². The molecule has 0 saturated carbocycles. The molecule has 7 aromatic rings. The lowest BCUT2D eigenvalue weighted by Crippen LogP contribution is -2.34. The number of aryl methyl sites for hydroxylation is 3. The van der Waals surface area contributed by atoms with E-state index in [0.29, 0.717) is 0 Å². The van der Waals surface area contributed by atoms with Crippen LogP contribution in [-0.4, -0.2) is 9.97 Å². The highest BCUT2D eigenvalue weighted by molar-refractivity contribution is 7.99. The number of hydrogen-bond acceptors (Lipinski definition) is 4. The van der Waals surface area contributed by atoms with Crippen LogP contribution in [-0.2, 0) is 10.8 Å². The molecule has 0 bridgehead atoms. The molecular weight excluding hydrogens is 653 g/mol. The van der Waals surface area contributed by atoms with E-state index in [2.05, 4.69) is 169 Å². The van der Waals surface area contributed by atoms with Gasteiger partial charge in [-0.2, -0.15) is 0 Å². The molecule has 4 heteroatoms. The highest BCUT2D eigenvalue weighted by atomic mass is 32.2. The Labute approximate surface area is 311 Å². The molecule has 0 radical (unpaired) electrons. The van der Waals surface area contributed by atoms with Crippen molar-refractivity contribution < 1.29 is 4.74 Å². The van der Waals surface area contributed by atoms with Crippen molar-refractivity contribution in [3.05, 3.63) is 190 Å². The predicted octanol–water partition coefficient (Wildman–Crippen LogP) is 12.7. The first-order valence-electron chi connectivity index (χ1n) is 17.9. The number of fused-ring (bicyclic) bond motifs is 2. The van der Waals surface area contributed by atoms with E-state index in [1.54, 1.807) is 0 Å². The molecule has 2 aromatic heterocycles. The maximum Gasteiger partial charge on any atom is 0.128 e. The lowest BCUT2D eigenvalue weighted by molar-refractivity contribution is 0.481. The van der Waals surface area contributed by atoms with Gasteiger partial charge < -0.3 is 4.74 Å². The topological polar surface area (TPSA) is 35.0 Å². The maximum atomic E-state index is 6.94. The van der Waals surface area contributed by atoms with E-state index in [1.807, 2.05) is 30.2 Å². The van der Waals surface area contributed by atoms with E-state index in [-0.39, 0.29) is 5.41 Å². The van der Waals surface area contributed by atoms with Gasteiger partial charge in [-0.15, -0.1) is 0 Å². The second kappa shape index (κ2) is 13.3. The molecule has 1 aliphatic rings. The smallest absolute Gasteiger partial charge is 0.128 e. The lowest BCUT2D eigenvalue weighted by Gasteiger charge is -2.40. The number of hydrogen-bond donors (Lipinski definition) is 0. The summed E-state index contributed by atoms with van der Waals surface area (Å²) in [6.45, 7) is 13.3. The molecule has 1 aliphatic heterocycles. The molecule has 3 nitrogen and oxygen atoms in total. The van der Waals surface area contributed by atoms with E-state index in [9.17, 15) is 0 Å². The van der Waals surface area contributed by atoms with Crippen LogP contribution in [0.5, 0.6) is 11.5 Å². The van der Waals surface area contributed by atoms with Gasteiger partial charge >= 0.3 is 0 Å². The molecule has 0 spiro atoms. The summed E-state index contributed by atoms with van der Waals surface area (Å²) in [4.78, 5) is 12.4. The Kier molecular flexibility index (Phi) is 8.59. The van der Waals surface area contributed by atoms with Crippen LogP contribution in [0, 0.1) is 20.8 Å². The molecule has 0 N–H and O–H groups in total. The molecule has 256 valence electrons. The molecule has 0 atom stereocenters. The Balaban J connectivity index is 1.31. The van der Waals surface area contributed by atoms with E-state index in [0.717, 1.165) is 39.6 Å². The highest BCUT2D eigenvalue weighted by Crippen LogP contribution is 2.55. The number of pyridine rings is 2. The van der Waals surface area contributed by atoms with Crippen LogP contribution in [0.3, 0.4) is 0 Å². The molecule has 0 unspecified atom stereocenters. The van der Waals surface area contributed by atoms with Gasteiger partial charge in [0.1, 0.15) is 11.5 Å². The van der Waals surface area contributed by atoms with Crippen molar-refractivity contribution in [2.24, 2.45) is 0 Å². The zero-order valence-corrected chi connectivity index (χ0v) is 31.4. The molecule has 52 heavy (non-hydrogen) atoms. The van der Waals surface area contributed by atoms with Gasteiger partial charge in [-0.05, 0) is 137 Å². The van der Waals surface area contributed by atoms with Gasteiger partial charge in [-0.25, -0.2) is 0 Å². The fourth-order valence-electron chi connectivity index (χ4n) is 7.88. The largest absolute Gasteiger partial charge is 0.457 e. The number of nitrogens with zero attached hydrogens (tertiary/aromatic N) is 2. The first kappa shape index (κ1) is 33.7. The quantitative estimate of drug-likeness (QED) is 0.174. The second-order valence-electron chi connectivity index (χ2n) is 14.9. The molecule has 0 saturated heterocycles. The summed E-state index contributed by atoms with van der Waals surface area (Å²) in [5, 5.41) is 0. The van der Waals surface area contributed by atoms with Crippen LogP contribution in [0.2, 0.25) is 0 Å². The molecule has 0 aliphatic carbocycles. The minimum absolute atomic E-state index is 0.00235. The van der Waals surface area contributed by atoms with Crippen molar-refractivity contribution in [3.8, 4) is 33.9 Å². The van der Waals surface area contributed by atoms with Crippen LogP contribution in [0.4, 0.5) is 0 Å².